The number of nitrogens with one attached hydrogen (secondary N) is 1. The molecule has 0 radical (unpaired) electrons. The Morgan fingerprint density at radius 1 is 1.47 bits per heavy atom. The van der Waals surface area contributed by atoms with Crippen LogP contribution in [-0.2, 0) is 11.8 Å². The standard InChI is InChI=1S/C12H16N2O3/c1-14-5-2-9(8-11(14)15)12(16)13-10-3-6-17-7-4-10/h2,5,8,10H,3-4,6-7H2,1H3,(H,13,16). The van der Waals surface area contributed by atoms with Crippen LogP contribution in [0.25, 0.3) is 0 Å². The molecule has 0 atom stereocenters. The first kappa shape index (κ1) is 11.9. The van der Waals surface area contributed by atoms with Crippen LogP contribution >= 0.6 is 0 Å². The van der Waals surface area contributed by atoms with Crippen LogP contribution in [0.4, 0.5) is 0 Å². The zero-order valence-electron chi connectivity index (χ0n) is 9.81. The molecular formula is C12H16N2O3. The van der Waals surface area contributed by atoms with Crippen LogP contribution in [0.15, 0.2) is 23.1 Å². The highest BCUT2D eigenvalue weighted by molar-refractivity contribution is 5.94. The van der Waals surface area contributed by atoms with Crippen molar-refractivity contribution in [2.75, 3.05) is 13.2 Å². The average molecular weight is 236 g/mol. The van der Waals surface area contributed by atoms with Crippen molar-refractivity contribution < 1.29 is 9.53 Å². The van der Waals surface area contributed by atoms with Crippen molar-refractivity contribution in [3.8, 4) is 0 Å². The van der Waals surface area contributed by atoms with E-state index in [-0.39, 0.29) is 17.5 Å². The highest BCUT2D eigenvalue weighted by atomic mass is 16.5. The van der Waals surface area contributed by atoms with Crippen molar-refractivity contribution in [3.63, 3.8) is 0 Å². The lowest BCUT2D eigenvalue weighted by Gasteiger charge is -2.23. The first-order valence-corrected chi connectivity index (χ1v) is 5.72. The van der Waals surface area contributed by atoms with Crippen LogP contribution in [0.1, 0.15) is 23.2 Å². The van der Waals surface area contributed by atoms with Gasteiger partial charge < -0.3 is 14.6 Å². The number of carbonyl (C=O) groups excluding carboxylic acids is 1. The summed E-state index contributed by atoms with van der Waals surface area (Å²) in [6.07, 6.45) is 3.26. The Balaban J connectivity index is 2.03. The van der Waals surface area contributed by atoms with E-state index in [4.69, 9.17) is 4.74 Å². The first-order chi connectivity index (χ1) is 8.16. The molecule has 0 unspecified atom stereocenters. The van der Waals surface area contributed by atoms with Crippen molar-refractivity contribution >= 4 is 5.91 Å². The molecule has 2 rings (SSSR count). The highest BCUT2D eigenvalue weighted by Gasteiger charge is 2.17. The fraction of sp³-hybridized carbons (Fsp3) is 0.500. The molecule has 1 aromatic heterocycles. The zero-order valence-corrected chi connectivity index (χ0v) is 9.81. The van der Waals surface area contributed by atoms with Crippen molar-refractivity contribution in [1.29, 1.82) is 0 Å². The third-order valence-corrected chi connectivity index (χ3v) is 2.92. The summed E-state index contributed by atoms with van der Waals surface area (Å²) in [5.74, 6) is -0.186. The molecule has 5 heteroatoms. The summed E-state index contributed by atoms with van der Waals surface area (Å²) in [5.41, 5.74) is 0.240. The van der Waals surface area contributed by atoms with Gasteiger partial charge in [-0.25, -0.2) is 0 Å². The van der Waals surface area contributed by atoms with Crippen molar-refractivity contribution in [2.24, 2.45) is 7.05 Å². The number of ether oxygens (including phenoxy) is 1. The third-order valence-electron chi connectivity index (χ3n) is 2.92. The second-order valence-corrected chi connectivity index (χ2v) is 4.22. The molecule has 2 heterocycles. The van der Waals surface area contributed by atoms with E-state index in [0.717, 1.165) is 12.8 Å². The second kappa shape index (κ2) is 5.14. The van der Waals surface area contributed by atoms with Gasteiger partial charge in [-0.05, 0) is 18.9 Å². The molecule has 92 valence electrons. The van der Waals surface area contributed by atoms with E-state index in [0.29, 0.717) is 18.8 Å². The Bertz CT molecular complexity index is 461. The van der Waals surface area contributed by atoms with Gasteiger partial charge in [0.05, 0.1) is 0 Å². The zero-order chi connectivity index (χ0) is 12.3. The minimum Gasteiger partial charge on any atom is -0.381 e. The quantitative estimate of drug-likeness (QED) is 0.803. The van der Waals surface area contributed by atoms with Crippen LogP contribution in [0, 0.1) is 0 Å². The SMILES string of the molecule is Cn1ccc(C(=O)NC2CCOCC2)cc1=O. The molecule has 0 saturated carbocycles. The minimum atomic E-state index is -0.186. The van der Waals surface area contributed by atoms with Gasteiger partial charge in [-0.3, -0.25) is 9.59 Å². The van der Waals surface area contributed by atoms with Gasteiger partial charge in [0.1, 0.15) is 0 Å². The average Bonchev–Trinajstić information content (AvgIpc) is 2.34. The van der Waals surface area contributed by atoms with E-state index in [1.165, 1.54) is 10.6 Å². The van der Waals surface area contributed by atoms with Gasteiger partial charge in [-0.2, -0.15) is 0 Å². The summed E-state index contributed by atoms with van der Waals surface area (Å²) >= 11 is 0. The Labute approximate surface area is 99.4 Å². The summed E-state index contributed by atoms with van der Waals surface area (Å²) in [5, 5.41) is 2.91. The summed E-state index contributed by atoms with van der Waals surface area (Å²) in [7, 11) is 1.66. The molecule has 1 N–H and O–H groups in total. The maximum atomic E-state index is 11.9. The molecule has 1 amide bonds. The molecule has 0 aromatic carbocycles. The predicted molar refractivity (Wildman–Crippen MR) is 63.0 cm³/mol. The van der Waals surface area contributed by atoms with Gasteiger partial charge in [0.25, 0.3) is 11.5 Å². The minimum absolute atomic E-state index is 0.153. The molecular weight excluding hydrogens is 220 g/mol. The van der Waals surface area contributed by atoms with E-state index in [9.17, 15) is 9.59 Å². The van der Waals surface area contributed by atoms with E-state index >= 15 is 0 Å². The predicted octanol–water partition coefficient (Wildman–Crippen LogP) is 0.294. The first-order valence-electron chi connectivity index (χ1n) is 5.72. The van der Waals surface area contributed by atoms with Crippen LogP contribution in [0.5, 0.6) is 0 Å². The smallest absolute Gasteiger partial charge is 0.251 e. The lowest BCUT2D eigenvalue weighted by molar-refractivity contribution is 0.0696. The molecule has 0 bridgehead atoms. The summed E-state index contributed by atoms with van der Waals surface area (Å²) in [4.78, 5) is 23.3. The van der Waals surface area contributed by atoms with Crippen LogP contribution < -0.4 is 10.9 Å². The monoisotopic (exact) mass is 236 g/mol. The van der Waals surface area contributed by atoms with Crippen molar-refractivity contribution in [3.05, 3.63) is 34.2 Å². The number of aromatic nitrogens is 1. The van der Waals surface area contributed by atoms with Gasteiger partial charge >= 0.3 is 0 Å². The molecule has 1 aliphatic rings. The van der Waals surface area contributed by atoms with E-state index in [1.54, 1.807) is 19.3 Å². The van der Waals surface area contributed by atoms with E-state index in [1.807, 2.05) is 0 Å². The number of nitrogens with zero attached hydrogens (tertiary/aromatic N) is 1. The summed E-state index contributed by atoms with van der Waals surface area (Å²) < 4.78 is 6.65. The lowest BCUT2D eigenvalue weighted by atomic mass is 10.1. The number of rotatable bonds is 2. The molecule has 0 aliphatic carbocycles. The van der Waals surface area contributed by atoms with E-state index in [2.05, 4.69) is 5.32 Å². The Morgan fingerprint density at radius 2 is 2.18 bits per heavy atom. The normalized spacial score (nSPS) is 16.8. The molecule has 1 saturated heterocycles. The number of hydrogen-bond acceptors (Lipinski definition) is 3. The number of aryl methyl sites for hydroxylation is 1. The van der Waals surface area contributed by atoms with Gasteiger partial charge in [0.2, 0.25) is 0 Å². The van der Waals surface area contributed by atoms with Crippen LogP contribution in [0.3, 0.4) is 0 Å². The van der Waals surface area contributed by atoms with Gasteiger partial charge in [0, 0.05) is 44.1 Å². The molecule has 0 spiro atoms. The number of hydrogen-bond donors (Lipinski definition) is 1. The molecule has 17 heavy (non-hydrogen) atoms. The molecule has 1 aliphatic heterocycles. The number of carbonyl (C=O) groups is 1. The maximum Gasteiger partial charge on any atom is 0.251 e. The summed E-state index contributed by atoms with van der Waals surface area (Å²) in [6.45, 7) is 1.36. The van der Waals surface area contributed by atoms with Crippen molar-refractivity contribution in [2.45, 2.75) is 18.9 Å². The third kappa shape index (κ3) is 2.94. The van der Waals surface area contributed by atoms with Gasteiger partial charge in [0.15, 0.2) is 0 Å². The lowest BCUT2D eigenvalue weighted by Crippen LogP contribution is -2.39. The largest absolute Gasteiger partial charge is 0.381 e. The van der Waals surface area contributed by atoms with Crippen LogP contribution in [0.2, 0.25) is 0 Å². The van der Waals surface area contributed by atoms with Gasteiger partial charge in [-0.1, -0.05) is 0 Å². The Hall–Kier alpha value is -1.62. The van der Waals surface area contributed by atoms with Crippen LogP contribution in [-0.4, -0.2) is 29.7 Å². The van der Waals surface area contributed by atoms with Crippen molar-refractivity contribution in [1.82, 2.24) is 9.88 Å². The second-order valence-electron chi connectivity index (χ2n) is 4.22. The molecule has 1 aromatic rings. The summed E-state index contributed by atoms with van der Waals surface area (Å²) in [6, 6.07) is 3.16. The number of amides is 1. The Kier molecular flexibility index (Phi) is 3.58. The van der Waals surface area contributed by atoms with Gasteiger partial charge in [-0.15, -0.1) is 0 Å². The fourth-order valence-electron chi connectivity index (χ4n) is 1.80. The number of pyridine rings is 1. The molecule has 1 fully saturated rings. The van der Waals surface area contributed by atoms with E-state index < -0.39 is 0 Å². The molecule has 5 nitrogen and oxygen atoms in total. The Morgan fingerprint density at radius 3 is 2.82 bits per heavy atom. The highest BCUT2D eigenvalue weighted by Crippen LogP contribution is 2.07. The topological polar surface area (TPSA) is 60.3 Å². The maximum absolute atomic E-state index is 11.9. The fourth-order valence-corrected chi connectivity index (χ4v) is 1.80.